The number of carbonyl (C=O) groups is 1. The highest BCUT2D eigenvalue weighted by Gasteiger charge is 2.30. The molecule has 1 aliphatic rings. The van der Waals surface area contributed by atoms with Crippen molar-refractivity contribution in [1.82, 2.24) is 10.2 Å². The molecule has 1 heterocycles. The summed E-state index contributed by atoms with van der Waals surface area (Å²) in [6.45, 7) is 4.10. The molecule has 1 amide bonds. The van der Waals surface area contributed by atoms with E-state index in [1.165, 1.54) is 5.56 Å². The Balaban J connectivity index is 0.00000200. The third kappa shape index (κ3) is 4.47. The molecule has 1 aliphatic heterocycles. The summed E-state index contributed by atoms with van der Waals surface area (Å²) in [7, 11) is 1.86. The van der Waals surface area contributed by atoms with Crippen LogP contribution >= 0.6 is 12.4 Å². The highest BCUT2D eigenvalue weighted by molar-refractivity contribution is 5.85. The number of nitrogens with one attached hydrogen (secondary N) is 1. The molecule has 0 aliphatic carbocycles. The molecule has 20 heavy (non-hydrogen) atoms. The fraction of sp³-hybridized carbons (Fsp3) is 0.533. The summed E-state index contributed by atoms with van der Waals surface area (Å²) < 4.78 is 5.51. The van der Waals surface area contributed by atoms with E-state index in [1.807, 2.05) is 32.2 Å². The predicted molar refractivity (Wildman–Crippen MR) is 82.2 cm³/mol. The van der Waals surface area contributed by atoms with Crippen molar-refractivity contribution in [3.05, 3.63) is 35.9 Å². The van der Waals surface area contributed by atoms with Gasteiger partial charge in [0.05, 0.1) is 12.7 Å². The number of hydrogen-bond acceptors (Lipinski definition) is 3. The molecular weight excluding hydrogens is 276 g/mol. The summed E-state index contributed by atoms with van der Waals surface area (Å²) in [6.07, 6.45) is 0.825. The molecule has 0 unspecified atom stereocenters. The van der Waals surface area contributed by atoms with Crippen molar-refractivity contribution >= 4 is 18.3 Å². The number of ether oxygens (including phenoxy) is 1. The van der Waals surface area contributed by atoms with Crippen LogP contribution in [0.1, 0.15) is 12.5 Å². The summed E-state index contributed by atoms with van der Waals surface area (Å²) in [5, 5.41) is 3.23. The number of likely N-dealkylation sites (N-methyl/N-ethyl adjacent to an activating group) is 1. The second-order valence-electron chi connectivity index (χ2n) is 5.00. The quantitative estimate of drug-likeness (QED) is 0.916. The van der Waals surface area contributed by atoms with Crippen LogP contribution in [0, 0.1) is 0 Å². The third-order valence-electron chi connectivity index (χ3n) is 3.54. The van der Waals surface area contributed by atoms with E-state index < -0.39 is 0 Å². The first-order chi connectivity index (χ1) is 9.18. The summed E-state index contributed by atoms with van der Waals surface area (Å²) >= 11 is 0. The lowest BCUT2D eigenvalue weighted by Crippen LogP contribution is -2.55. The Hall–Kier alpha value is -1.10. The topological polar surface area (TPSA) is 41.6 Å². The Kier molecular flexibility index (Phi) is 6.99. The van der Waals surface area contributed by atoms with E-state index in [9.17, 15) is 4.79 Å². The molecule has 2 rings (SSSR count). The average molecular weight is 299 g/mol. The van der Waals surface area contributed by atoms with Gasteiger partial charge in [0, 0.05) is 20.1 Å². The fourth-order valence-electron chi connectivity index (χ4n) is 2.30. The number of rotatable bonds is 4. The second-order valence-corrected chi connectivity index (χ2v) is 5.00. The van der Waals surface area contributed by atoms with Gasteiger partial charge in [-0.25, -0.2) is 0 Å². The number of carbonyl (C=O) groups excluding carboxylic acids is 1. The van der Waals surface area contributed by atoms with Crippen molar-refractivity contribution in [3.8, 4) is 0 Å². The molecule has 2 atom stereocenters. The zero-order chi connectivity index (χ0) is 13.7. The Morgan fingerprint density at radius 3 is 2.75 bits per heavy atom. The molecular formula is C15H23ClN2O2. The molecule has 0 saturated carbocycles. The number of benzene rings is 1. The van der Waals surface area contributed by atoms with Crippen LogP contribution < -0.4 is 5.32 Å². The van der Waals surface area contributed by atoms with Gasteiger partial charge in [0.1, 0.15) is 6.04 Å². The fourth-order valence-corrected chi connectivity index (χ4v) is 2.30. The van der Waals surface area contributed by atoms with Crippen molar-refractivity contribution in [2.75, 3.05) is 26.7 Å². The van der Waals surface area contributed by atoms with Crippen molar-refractivity contribution in [1.29, 1.82) is 0 Å². The molecule has 1 aromatic carbocycles. The maximum Gasteiger partial charge on any atom is 0.242 e. The van der Waals surface area contributed by atoms with Gasteiger partial charge in [-0.3, -0.25) is 4.79 Å². The van der Waals surface area contributed by atoms with Crippen molar-refractivity contribution in [2.24, 2.45) is 0 Å². The minimum Gasteiger partial charge on any atom is -0.375 e. The lowest BCUT2D eigenvalue weighted by molar-refractivity contribution is -0.138. The molecule has 4 nitrogen and oxygen atoms in total. The smallest absolute Gasteiger partial charge is 0.242 e. The van der Waals surface area contributed by atoms with Crippen LogP contribution in [0.3, 0.4) is 0 Å². The van der Waals surface area contributed by atoms with Crippen LogP contribution in [0.4, 0.5) is 0 Å². The van der Waals surface area contributed by atoms with Gasteiger partial charge in [0.2, 0.25) is 5.91 Å². The standard InChI is InChI=1S/C15H22N2O2.ClH/c1-12-14(16-9-11-19-12)15(18)17(2)10-8-13-6-4-3-5-7-13;/h3-7,12,14,16H,8-11H2,1-2H3;1H/t12-,14+;/m1./s1. The predicted octanol–water partition coefficient (Wildman–Crippen LogP) is 1.49. The van der Waals surface area contributed by atoms with E-state index >= 15 is 0 Å². The van der Waals surface area contributed by atoms with Crippen LogP contribution in [-0.4, -0.2) is 49.7 Å². The van der Waals surface area contributed by atoms with Gasteiger partial charge >= 0.3 is 0 Å². The molecule has 1 saturated heterocycles. The second kappa shape index (κ2) is 8.25. The Labute approximate surface area is 126 Å². The molecule has 0 aromatic heterocycles. The molecule has 5 heteroatoms. The van der Waals surface area contributed by atoms with Crippen LogP contribution in [0.25, 0.3) is 0 Å². The summed E-state index contributed by atoms with van der Waals surface area (Å²) in [5.41, 5.74) is 1.25. The molecule has 1 aromatic rings. The number of halogens is 1. The average Bonchev–Trinajstić information content (AvgIpc) is 2.45. The van der Waals surface area contributed by atoms with E-state index in [0.717, 1.165) is 19.5 Å². The maximum absolute atomic E-state index is 12.3. The molecule has 0 bridgehead atoms. The minimum absolute atomic E-state index is 0. The van der Waals surface area contributed by atoms with Gasteiger partial charge in [-0.15, -0.1) is 12.4 Å². The Morgan fingerprint density at radius 1 is 1.40 bits per heavy atom. The van der Waals surface area contributed by atoms with Gasteiger partial charge in [0.15, 0.2) is 0 Å². The molecule has 1 fully saturated rings. The van der Waals surface area contributed by atoms with Gasteiger partial charge in [-0.2, -0.15) is 0 Å². The van der Waals surface area contributed by atoms with Gasteiger partial charge in [-0.05, 0) is 18.9 Å². The highest BCUT2D eigenvalue weighted by Crippen LogP contribution is 2.08. The number of hydrogen-bond donors (Lipinski definition) is 1. The largest absolute Gasteiger partial charge is 0.375 e. The first kappa shape index (κ1) is 17.0. The minimum atomic E-state index is -0.213. The van der Waals surface area contributed by atoms with E-state index in [1.54, 1.807) is 4.90 Å². The van der Waals surface area contributed by atoms with Crippen LogP contribution in [0.15, 0.2) is 30.3 Å². The van der Waals surface area contributed by atoms with E-state index in [-0.39, 0.29) is 30.5 Å². The zero-order valence-electron chi connectivity index (χ0n) is 12.0. The first-order valence-electron chi connectivity index (χ1n) is 6.82. The van der Waals surface area contributed by atoms with Crippen molar-refractivity contribution in [3.63, 3.8) is 0 Å². The maximum atomic E-state index is 12.3. The van der Waals surface area contributed by atoms with Crippen LogP contribution in [0.5, 0.6) is 0 Å². The molecule has 0 spiro atoms. The highest BCUT2D eigenvalue weighted by atomic mass is 35.5. The normalized spacial score (nSPS) is 21.9. The number of nitrogens with zero attached hydrogens (tertiary/aromatic N) is 1. The van der Waals surface area contributed by atoms with Crippen molar-refractivity contribution in [2.45, 2.75) is 25.5 Å². The van der Waals surface area contributed by atoms with Gasteiger partial charge in [-0.1, -0.05) is 30.3 Å². The number of amides is 1. The first-order valence-corrected chi connectivity index (χ1v) is 6.82. The van der Waals surface area contributed by atoms with Crippen LogP contribution in [0.2, 0.25) is 0 Å². The number of morpholine rings is 1. The van der Waals surface area contributed by atoms with Gasteiger partial charge < -0.3 is 15.0 Å². The van der Waals surface area contributed by atoms with E-state index in [0.29, 0.717) is 6.61 Å². The summed E-state index contributed by atoms with van der Waals surface area (Å²) in [4.78, 5) is 14.1. The molecule has 0 radical (unpaired) electrons. The monoisotopic (exact) mass is 298 g/mol. The summed E-state index contributed by atoms with van der Waals surface area (Å²) in [5.74, 6) is 0.114. The lowest BCUT2D eigenvalue weighted by atomic mass is 10.1. The Morgan fingerprint density at radius 2 is 2.10 bits per heavy atom. The zero-order valence-corrected chi connectivity index (χ0v) is 12.9. The van der Waals surface area contributed by atoms with E-state index in [2.05, 4.69) is 17.4 Å². The molecule has 112 valence electrons. The Bertz CT molecular complexity index is 414. The van der Waals surface area contributed by atoms with Crippen molar-refractivity contribution < 1.29 is 9.53 Å². The third-order valence-corrected chi connectivity index (χ3v) is 3.54. The summed E-state index contributed by atoms with van der Waals surface area (Å²) in [6, 6.07) is 10.0. The van der Waals surface area contributed by atoms with Gasteiger partial charge in [0.25, 0.3) is 0 Å². The molecule has 1 N–H and O–H groups in total. The van der Waals surface area contributed by atoms with E-state index in [4.69, 9.17) is 4.74 Å². The SMILES string of the molecule is C[C@H]1OCCN[C@@H]1C(=O)N(C)CCc1ccccc1.Cl. The van der Waals surface area contributed by atoms with Crippen LogP contribution in [-0.2, 0) is 16.0 Å². The lowest BCUT2D eigenvalue weighted by Gasteiger charge is -2.32.